The molecule has 0 fully saturated rings. The molecule has 0 aliphatic carbocycles. The maximum Gasteiger partial charge on any atom is 0.434 e. The molecule has 1 unspecified atom stereocenters. The van der Waals surface area contributed by atoms with Crippen molar-refractivity contribution in [1.29, 1.82) is 0 Å². The number of aryl methyl sites for hydroxylation is 2. The van der Waals surface area contributed by atoms with Crippen LogP contribution in [-0.2, 0) is 29.8 Å². The van der Waals surface area contributed by atoms with Crippen molar-refractivity contribution in [3.63, 3.8) is 0 Å². The molecule has 104 valence electrons. The number of thiazole rings is 1. The van der Waals surface area contributed by atoms with Gasteiger partial charge in [0.25, 0.3) is 0 Å². The smallest absolute Gasteiger partial charge is 0.262 e. The average molecular weight is 309 g/mol. The van der Waals surface area contributed by atoms with Gasteiger partial charge >= 0.3 is 6.18 Å². The lowest BCUT2D eigenvalue weighted by Gasteiger charge is -2.09. The van der Waals surface area contributed by atoms with Crippen LogP contribution in [0.1, 0.15) is 16.3 Å². The summed E-state index contributed by atoms with van der Waals surface area (Å²) in [5, 5.41) is 3.55. The summed E-state index contributed by atoms with van der Waals surface area (Å²) in [6.07, 6.45) is -3.56. The van der Waals surface area contributed by atoms with E-state index in [2.05, 4.69) is 10.1 Å². The Morgan fingerprint density at radius 1 is 1.47 bits per heavy atom. The maximum atomic E-state index is 12.9. The maximum absolute atomic E-state index is 12.9. The van der Waals surface area contributed by atoms with Crippen molar-refractivity contribution in [2.75, 3.05) is 0 Å². The lowest BCUT2D eigenvalue weighted by atomic mass is 10.4. The summed E-state index contributed by atoms with van der Waals surface area (Å²) in [5.41, 5.74) is 1.30. The van der Waals surface area contributed by atoms with E-state index in [4.69, 9.17) is 0 Å². The Hall–Kier alpha value is -1.22. The second-order valence-electron chi connectivity index (χ2n) is 3.83. The molecule has 2 rings (SSSR count). The molecule has 9 heteroatoms. The summed E-state index contributed by atoms with van der Waals surface area (Å²) in [4.78, 5) is 4.41. The minimum absolute atomic E-state index is 0.0191. The number of alkyl halides is 3. The van der Waals surface area contributed by atoms with Crippen LogP contribution in [0.25, 0.3) is 0 Å². The zero-order chi connectivity index (χ0) is 14.2. The molecule has 0 aromatic carbocycles. The highest BCUT2D eigenvalue weighted by molar-refractivity contribution is 7.84. The fourth-order valence-electron chi connectivity index (χ4n) is 1.57. The van der Waals surface area contributed by atoms with E-state index in [1.54, 1.807) is 12.4 Å². The number of hydrogen-bond donors (Lipinski definition) is 0. The largest absolute Gasteiger partial charge is 0.434 e. The van der Waals surface area contributed by atoms with Crippen molar-refractivity contribution in [3.05, 3.63) is 28.0 Å². The van der Waals surface area contributed by atoms with Crippen LogP contribution in [0.3, 0.4) is 0 Å². The molecular formula is C10H10F3N3OS2. The molecule has 19 heavy (non-hydrogen) atoms. The van der Waals surface area contributed by atoms with Crippen molar-refractivity contribution in [2.45, 2.75) is 23.7 Å². The lowest BCUT2D eigenvalue weighted by molar-refractivity contribution is -0.145. The van der Waals surface area contributed by atoms with Crippen molar-refractivity contribution < 1.29 is 17.4 Å². The first kappa shape index (κ1) is 14.2. The monoisotopic (exact) mass is 309 g/mol. The number of aromatic nitrogens is 3. The molecule has 0 N–H and O–H groups in total. The molecule has 0 aliphatic heterocycles. The predicted molar refractivity (Wildman–Crippen MR) is 65.2 cm³/mol. The SMILES string of the molecule is Cc1ncsc1CS(=O)c1cnn(C)c1C(F)(F)F. The van der Waals surface area contributed by atoms with Crippen LogP contribution >= 0.6 is 11.3 Å². The van der Waals surface area contributed by atoms with Crippen LogP contribution in [0.15, 0.2) is 16.6 Å². The van der Waals surface area contributed by atoms with Gasteiger partial charge in [0.05, 0.1) is 38.8 Å². The molecule has 0 amide bonds. The van der Waals surface area contributed by atoms with Gasteiger partial charge in [-0.1, -0.05) is 0 Å². The summed E-state index contributed by atoms with van der Waals surface area (Å²) in [5.74, 6) is 0.0191. The third kappa shape index (κ3) is 2.86. The van der Waals surface area contributed by atoms with Crippen LogP contribution in [0, 0.1) is 6.92 Å². The van der Waals surface area contributed by atoms with Gasteiger partial charge in [-0.3, -0.25) is 8.89 Å². The molecule has 4 nitrogen and oxygen atoms in total. The number of hydrogen-bond acceptors (Lipinski definition) is 4. The van der Waals surface area contributed by atoms with E-state index in [1.807, 2.05) is 0 Å². The standard InChI is InChI=1S/C10H10F3N3OS2/c1-6-7(18-5-14-6)4-19(17)8-3-15-16(2)9(8)10(11,12)13/h3,5H,4H2,1-2H3. The van der Waals surface area contributed by atoms with Gasteiger partial charge in [-0.05, 0) is 6.92 Å². The first-order valence-electron chi connectivity index (χ1n) is 5.17. The summed E-state index contributed by atoms with van der Waals surface area (Å²) >= 11 is 1.28. The fraction of sp³-hybridized carbons (Fsp3) is 0.400. The normalized spacial score (nSPS) is 13.7. The molecule has 2 heterocycles. The minimum Gasteiger partial charge on any atom is -0.262 e. The Morgan fingerprint density at radius 3 is 2.68 bits per heavy atom. The van der Waals surface area contributed by atoms with E-state index in [0.717, 1.165) is 11.1 Å². The first-order chi connectivity index (χ1) is 8.80. The molecule has 0 aliphatic rings. The molecule has 1 atom stereocenters. The van der Waals surface area contributed by atoms with Crippen molar-refractivity contribution >= 4 is 22.1 Å². The number of rotatable bonds is 3. The molecule has 2 aromatic heterocycles. The van der Waals surface area contributed by atoms with E-state index < -0.39 is 22.7 Å². The zero-order valence-electron chi connectivity index (χ0n) is 10.1. The topological polar surface area (TPSA) is 47.8 Å². The van der Waals surface area contributed by atoms with Gasteiger partial charge in [-0.25, -0.2) is 4.98 Å². The third-order valence-corrected chi connectivity index (χ3v) is 4.98. The highest BCUT2D eigenvalue weighted by atomic mass is 32.2. The summed E-state index contributed by atoms with van der Waals surface area (Å²) in [7, 11) is -0.611. The van der Waals surface area contributed by atoms with Crippen LogP contribution in [0.5, 0.6) is 0 Å². The lowest BCUT2D eigenvalue weighted by Crippen LogP contribution is -2.15. The molecule has 0 bridgehead atoms. The van der Waals surface area contributed by atoms with Gasteiger partial charge in [-0.2, -0.15) is 18.3 Å². The molecule has 0 spiro atoms. The van der Waals surface area contributed by atoms with Crippen molar-refractivity contribution in [1.82, 2.24) is 14.8 Å². The van der Waals surface area contributed by atoms with Crippen molar-refractivity contribution in [3.8, 4) is 0 Å². The van der Waals surface area contributed by atoms with Gasteiger partial charge in [-0.15, -0.1) is 11.3 Å². The van der Waals surface area contributed by atoms with Crippen LogP contribution in [-0.4, -0.2) is 19.0 Å². The molecular weight excluding hydrogens is 299 g/mol. The Morgan fingerprint density at radius 2 is 2.16 bits per heavy atom. The predicted octanol–water partition coefficient (Wildman–Crippen LogP) is 2.51. The quantitative estimate of drug-likeness (QED) is 0.875. The van der Waals surface area contributed by atoms with Gasteiger partial charge in [0.1, 0.15) is 0 Å². The Balaban J connectivity index is 2.33. The minimum atomic E-state index is -4.57. The van der Waals surface area contributed by atoms with Crippen LogP contribution in [0.4, 0.5) is 13.2 Å². The molecule has 0 radical (unpaired) electrons. The first-order valence-corrected chi connectivity index (χ1v) is 7.37. The molecule has 0 saturated carbocycles. The number of halogens is 3. The summed E-state index contributed by atoms with van der Waals surface area (Å²) in [6.45, 7) is 1.73. The fourth-order valence-corrected chi connectivity index (χ4v) is 3.95. The van der Waals surface area contributed by atoms with E-state index in [-0.39, 0.29) is 10.6 Å². The van der Waals surface area contributed by atoms with E-state index in [1.165, 1.54) is 18.4 Å². The second kappa shape index (κ2) is 5.04. The van der Waals surface area contributed by atoms with E-state index >= 15 is 0 Å². The molecule has 2 aromatic rings. The molecule has 0 saturated heterocycles. The average Bonchev–Trinajstić information content (AvgIpc) is 2.85. The van der Waals surface area contributed by atoms with Gasteiger partial charge in [0, 0.05) is 11.9 Å². The number of nitrogens with zero attached hydrogens (tertiary/aromatic N) is 3. The second-order valence-corrected chi connectivity index (χ2v) is 6.19. The van der Waals surface area contributed by atoms with Crippen LogP contribution < -0.4 is 0 Å². The van der Waals surface area contributed by atoms with E-state index in [0.29, 0.717) is 10.4 Å². The Bertz CT molecular complexity index is 618. The Kier molecular flexibility index (Phi) is 3.77. The van der Waals surface area contributed by atoms with Gasteiger partial charge in [0.15, 0.2) is 5.69 Å². The Labute approximate surface area is 113 Å². The third-order valence-electron chi connectivity index (χ3n) is 2.53. The summed E-state index contributed by atoms with van der Waals surface area (Å²) < 4.78 is 51.4. The zero-order valence-corrected chi connectivity index (χ0v) is 11.7. The highest BCUT2D eigenvalue weighted by Gasteiger charge is 2.39. The van der Waals surface area contributed by atoms with Gasteiger partial charge < -0.3 is 0 Å². The highest BCUT2D eigenvalue weighted by Crippen LogP contribution is 2.33. The van der Waals surface area contributed by atoms with Crippen LogP contribution in [0.2, 0.25) is 0 Å². The van der Waals surface area contributed by atoms with Crippen molar-refractivity contribution in [2.24, 2.45) is 7.05 Å². The van der Waals surface area contributed by atoms with E-state index in [9.17, 15) is 17.4 Å². The summed E-state index contributed by atoms with van der Waals surface area (Å²) in [6, 6.07) is 0. The van der Waals surface area contributed by atoms with Gasteiger partial charge in [0.2, 0.25) is 0 Å².